The number of nitro groups is 1. The number of aromatic amines is 1. The number of unbranched alkanes of at least 4 members (excludes halogenated alkanes) is 2. The van der Waals surface area contributed by atoms with Crippen LogP contribution in [0.2, 0.25) is 0 Å². The SMILES string of the molecule is CN(C)CCCCCNc1ccc([N+](=O)[O-])c2[nH]c3ccccc3c(=O)c12.Cl. The van der Waals surface area contributed by atoms with Gasteiger partial charge < -0.3 is 15.2 Å². The summed E-state index contributed by atoms with van der Waals surface area (Å²) in [6.45, 7) is 1.76. The van der Waals surface area contributed by atoms with Crippen LogP contribution in [0.4, 0.5) is 11.4 Å². The second kappa shape index (κ2) is 9.52. The second-order valence-corrected chi connectivity index (χ2v) is 6.93. The molecular weight excluding hydrogens is 380 g/mol. The molecule has 0 unspecified atom stereocenters. The molecule has 0 spiro atoms. The lowest BCUT2D eigenvalue weighted by atomic mass is 10.1. The first kappa shape index (κ1) is 21.7. The molecule has 0 radical (unpaired) electrons. The summed E-state index contributed by atoms with van der Waals surface area (Å²) < 4.78 is 0. The van der Waals surface area contributed by atoms with E-state index in [1.807, 2.05) is 0 Å². The molecule has 0 amide bonds. The predicted molar refractivity (Wildman–Crippen MR) is 117 cm³/mol. The van der Waals surface area contributed by atoms with Gasteiger partial charge in [-0.15, -0.1) is 12.4 Å². The van der Waals surface area contributed by atoms with Gasteiger partial charge >= 0.3 is 0 Å². The quantitative estimate of drug-likeness (QED) is 0.254. The Labute approximate surface area is 169 Å². The summed E-state index contributed by atoms with van der Waals surface area (Å²) in [6.07, 6.45) is 3.16. The molecule has 0 aliphatic rings. The zero-order valence-electron chi connectivity index (χ0n) is 16.0. The number of pyridine rings is 1. The largest absolute Gasteiger partial charge is 0.384 e. The van der Waals surface area contributed by atoms with E-state index in [9.17, 15) is 14.9 Å². The molecule has 0 aliphatic carbocycles. The van der Waals surface area contributed by atoms with Gasteiger partial charge in [0.05, 0.1) is 10.3 Å². The van der Waals surface area contributed by atoms with Crippen molar-refractivity contribution in [3.05, 3.63) is 56.7 Å². The lowest BCUT2D eigenvalue weighted by Crippen LogP contribution is -2.13. The lowest BCUT2D eigenvalue weighted by molar-refractivity contribution is -0.383. The number of nitro benzene ring substituents is 1. The summed E-state index contributed by atoms with van der Waals surface area (Å²) in [5, 5.41) is 15.6. The van der Waals surface area contributed by atoms with Crippen molar-refractivity contribution in [1.82, 2.24) is 9.88 Å². The first-order valence-corrected chi connectivity index (χ1v) is 9.10. The van der Waals surface area contributed by atoms with Crippen molar-refractivity contribution >= 4 is 45.6 Å². The Bertz CT molecular complexity index is 1030. The van der Waals surface area contributed by atoms with Gasteiger partial charge in [-0.05, 0) is 51.7 Å². The Morgan fingerprint density at radius 2 is 1.86 bits per heavy atom. The minimum Gasteiger partial charge on any atom is -0.384 e. The molecule has 7 nitrogen and oxygen atoms in total. The highest BCUT2D eigenvalue weighted by Crippen LogP contribution is 2.29. The highest BCUT2D eigenvalue weighted by molar-refractivity contribution is 6.03. The third kappa shape index (κ3) is 4.61. The van der Waals surface area contributed by atoms with Gasteiger partial charge in [-0.2, -0.15) is 0 Å². The van der Waals surface area contributed by atoms with Crippen LogP contribution in [-0.4, -0.2) is 42.0 Å². The standard InChI is InChI=1S/C20H24N4O3.ClH/c1-23(2)13-7-3-6-12-21-16-10-11-17(24(26)27)19-18(16)20(25)14-8-4-5-9-15(14)22-19;/h4-5,8-11,21H,3,6-7,12-13H2,1-2H3,(H,22,25);1H. The number of benzene rings is 2. The molecule has 3 rings (SSSR count). The molecular formula is C20H25ClN4O3. The van der Waals surface area contributed by atoms with Crippen LogP contribution in [-0.2, 0) is 0 Å². The van der Waals surface area contributed by atoms with E-state index in [4.69, 9.17) is 0 Å². The van der Waals surface area contributed by atoms with E-state index in [1.165, 1.54) is 6.07 Å². The molecule has 2 N–H and O–H groups in total. The number of aromatic nitrogens is 1. The Kier molecular flexibility index (Phi) is 7.37. The summed E-state index contributed by atoms with van der Waals surface area (Å²) >= 11 is 0. The predicted octanol–water partition coefficient (Wildman–Crippen LogP) is 4.16. The van der Waals surface area contributed by atoms with E-state index in [0.29, 0.717) is 28.5 Å². The van der Waals surface area contributed by atoms with Crippen LogP contribution in [0.15, 0.2) is 41.2 Å². The average Bonchev–Trinajstić information content (AvgIpc) is 2.64. The van der Waals surface area contributed by atoms with E-state index >= 15 is 0 Å². The van der Waals surface area contributed by atoms with Crippen molar-refractivity contribution in [1.29, 1.82) is 0 Å². The highest BCUT2D eigenvalue weighted by Gasteiger charge is 2.19. The normalized spacial score (nSPS) is 11.0. The second-order valence-electron chi connectivity index (χ2n) is 6.93. The van der Waals surface area contributed by atoms with Crippen molar-refractivity contribution in [3.63, 3.8) is 0 Å². The van der Waals surface area contributed by atoms with E-state index in [1.54, 1.807) is 30.3 Å². The fraction of sp³-hybridized carbons (Fsp3) is 0.350. The number of para-hydroxylation sites is 1. The maximum absolute atomic E-state index is 13.0. The van der Waals surface area contributed by atoms with Crippen LogP contribution in [0.3, 0.4) is 0 Å². The smallest absolute Gasteiger partial charge is 0.293 e. The molecule has 28 heavy (non-hydrogen) atoms. The van der Waals surface area contributed by atoms with E-state index in [2.05, 4.69) is 29.3 Å². The molecule has 0 aliphatic heterocycles. The fourth-order valence-electron chi connectivity index (χ4n) is 3.27. The van der Waals surface area contributed by atoms with Gasteiger partial charge in [0, 0.05) is 29.2 Å². The maximum atomic E-state index is 13.0. The number of nitrogens with one attached hydrogen (secondary N) is 2. The average molecular weight is 405 g/mol. The van der Waals surface area contributed by atoms with E-state index in [-0.39, 0.29) is 29.0 Å². The number of anilines is 1. The number of hydrogen-bond donors (Lipinski definition) is 2. The molecule has 1 heterocycles. The van der Waals surface area contributed by atoms with Crippen molar-refractivity contribution in [3.8, 4) is 0 Å². The molecule has 0 saturated heterocycles. The van der Waals surface area contributed by atoms with Gasteiger partial charge in [0.1, 0.15) is 5.52 Å². The molecule has 3 aromatic rings. The number of hydrogen-bond acceptors (Lipinski definition) is 5. The highest BCUT2D eigenvalue weighted by atomic mass is 35.5. The van der Waals surface area contributed by atoms with Crippen molar-refractivity contribution in [2.24, 2.45) is 0 Å². The summed E-state index contributed by atoms with van der Waals surface area (Å²) in [5.74, 6) is 0. The van der Waals surface area contributed by atoms with Crippen LogP contribution in [0.1, 0.15) is 19.3 Å². The van der Waals surface area contributed by atoms with Crippen molar-refractivity contribution < 1.29 is 4.92 Å². The number of non-ortho nitro benzene ring substituents is 1. The summed E-state index contributed by atoms with van der Waals surface area (Å²) in [4.78, 5) is 29.2. The van der Waals surface area contributed by atoms with Gasteiger partial charge in [0.2, 0.25) is 0 Å². The van der Waals surface area contributed by atoms with Gasteiger partial charge in [-0.3, -0.25) is 14.9 Å². The lowest BCUT2D eigenvalue weighted by Gasteiger charge is -2.12. The first-order chi connectivity index (χ1) is 13.0. The van der Waals surface area contributed by atoms with Crippen LogP contribution >= 0.6 is 12.4 Å². The van der Waals surface area contributed by atoms with Crippen molar-refractivity contribution in [2.45, 2.75) is 19.3 Å². The number of rotatable bonds is 8. The molecule has 150 valence electrons. The minimum atomic E-state index is -0.460. The first-order valence-electron chi connectivity index (χ1n) is 9.10. The molecule has 0 saturated carbocycles. The van der Waals surface area contributed by atoms with Gasteiger partial charge in [0.15, 0.2) is 5.43 Å². The maximum Gasteiger partial charge on any atom is 0.293 e. The summed E-state index contributed by atoms with van der Waals surface area (Å²) in [6, 6.07) is 10.2. The topological polar surface area (TPSA) is 91.3 Å². The third-order valence-corrected chi connectivity index (χ3v) is 4.64. The zero-order valence-corrected chi connectivity index (χ0v) is 16.8. The fourth-order valence-corrected chi connectivity index (χ4v) is 3.27. The van der Waals surface area contributed by atoms with Crippen molar-refractivity contribution in [2.75, 3.05) is 32.5 Å². The number of fused-ring (bicyclic) bond motifs is 2. The Hall–Kier alpha value is -2.64. The summed E-state index contributed by atoms with van der Waals surface area (Å²) in [7, 11) is 4.11. The third-order valence-electron chi connectivity index (χ3n) is 4.64. The van der Waals surface area contributed by atoms with Gasteiger partial charge in [-0.25, -0.2) is 0 Å². The number of nitrogens with zero attached hydrogens (tertiary/aromatic N) is 2. The monoisotopic (exact) mass is 404 g/mol. The zero-order chi connectivity index (χ0) is 19.4. The Morgan fingerprint density at radius 1 is 1.11 bits per heavy atom. The summed E-state index contributed by atoms with van der Waals surface area (Å²) in [5.41, 5.74) is 1.21. The van der Waals surface area contributed by atoms with Crippen LogP contribution in [0.5, 0.6) is 0 Å². The molecule has 1 aromatic heterocycles. The minimum absolute atomic E-state index is 0. The van der Waals surface area contributed by atoms with Crippen LogP contribution in [0.25, 0.3) is 21.8 Å². The molecule has 8 heteroatoms. The van der Waals surface area contributed by atoms with Gasteiger partial charge in [-0.1, -0.05) is 18.6 Å². The Morgan fingerprint density at radius 3 is 2.57 bits per heavy atom. The molecule has 2 aromatic carbocycles. The van der Waals surface area contributed by atoms with Gasteiger partial charge in [0.25, 0.3) is 5.69 Å². The van der Waals surface area contributed by atoms with Crippen LogP contribution in [0, 0.1) is 10.1 Å². The van der Waals surface area contributed by atoms with E-state index in [0.717, 1.165) is 25.8 Å². The number of halogens is 1. The molecule has 0 fully saturated rings. The molecule has 0 atom stereocenters. The van der Waals surface area contributed by atoms with Crippen LogP contribution < -0.4 is 10.7 Å². The van der Waals surface area contributed by atoms with E-state index < -0.39 is 4.92 Å². The number of H-pyrrole nitrogens is 1. The molecule has 0 bridgehead atoms. The Balaban J connectivity index is 0.00000280.